The van der Waals surface area contributed by atoms with Crippen molar-refractivity contribution in [3.05, 3.63) is 59.2 Å². The molecule has 1 amide bonds. The SMILES string of the molecule is COc1ccc2c(c1)C(CC(=O)c1cccc(NC(=O)CCC3CCCC3)c1)=NC(C)(C)C2. The van der Waals surface area contributed by atoms with Gasteiger partial charge in [0.1, 0.15) is 5.75 Å². The van der Waals surface area contributed by atoms with E-state index in [1.807, 2.05) is 24.3 Å². The smallest absolute Gasteiger partial charge is 0.224 e. The first-order valence-corrected chi connectivity index (χ1v) is 12.0. The maximum absolute atomic E-state index is 13.2. The zero-order valence-corrected chi connectivity index (χ0v) is 19.9. The minimum Gasteiger partial charge on any atom is -0.497 e. The van der Waals surface area contributed by atoms with Crippen LogP contribution in [0.15, 0.2) is 47.5 Å². The number of ether oxygens (including phenoxy) is 1. The molecule has 1 heterocycles. The zero-order chi connectivity index (χ0) is 23.4. The third kappa shape index (κ3) is 5.89. The first-order valence-electron chi connectivity index (χ1n) is 12.0. The number of benzene rings is 2. The van der Waals surface area contributed by atoms with E-state index in [1.54, 1.807) is 19.2 Å². The van der Waals surface area contributed by atoms with Crippen molar-refractivity contribution in [3.8, 4) is 5.75 Å². The van der Waals surface area contributed by atoms with Crippen molar-refractivity contribution in [1.82, 2.24) is 0 Å². The normalized spacial score (nSPS) is 17.2. The molecule has 0 unspecified atom stereocenters. The molecule has 0 atom stereocenters. The van der Waals surface area contributed by atoms with E-state index in [-0.39, 0.29) is 23.7 Å². The molecule has 4 rings (SSSR count). The van der Waals surface area contributed by atoms with Crippen LogP contribution in [0.5, 0.6) is 5.75 Å². The van der Waals surface area contributed by atoms with Gasteiger partial charge in [-0.25, -0.2) is 0 Å². The number of fused-ring (bicyclic) bond motifs is 1. The first-order chi connectivity index (χ1) is 15.8. The molecule has 1 aliphatic carbocycles. The number of carbonyl (C=O) groups is 2. The van der Waals surface area contributed by atoms with Crippen LogP contribution in [0.4, 0.5) is 5.69 Å². The first kappa shape index (κ1) is 23.2. The van der Waals surface area contributed by atoms with Crippen LogP contribution in [0.2, 0.25) is 0 Å². The van der Waals surface area contributed by atoms with E-state index in [1.165, 1.54) is 31.2 Å². The van der Waals surface area contributed by atoms with Gasteiger partial charge in [-0.2, -0.15) is 0 Å². The molecular weight excluding hydrogens is 412 g/mol. The van der Waals surface area contributed by atoms with E-state index >= 15 is 0 Å². The molecule has 174 valence electrons. The van der Waals surface area contributed by atoms with Gasteiger partial charge >= 0.3 is 0 Å². The molecule has 0 aromatic heterocycles. The lowest BCUT2D eigenvalue weighted by Crippen LogP contribution is -2.30. The standard InChI is InChI=1S/C28H34N2O3/c1-28(2)18-21-12-13-23(33-3)16-24(21)25(30-28)17-26(31)20-9-6-10-22(15-20)29-27(32)14-11-19-7-4-5-8-19/h6,9-10,12-13,15-16,19H,4-5,7-8,11,14,17-18H2,1-3H3,(H,29,32). The third-order valence-electron chi connectivity index (χ3n) is 6.74. The van der Waals surface area contributed by atoms with E-state index in [0.717, 1.165) is 29.9 Å². The number of carbonyl (C=O) groups excluding carboxylic acids is 2. The second kappa shape index (κ2) is 9.90. The number of anilines is 1. The second-order valence-electron chi connectivity index (χ2n) is 9.99. The highest BCUT2D eigenvalue weighted by Gasteiger charge is 2.28. The minimum atomic E-state index is -0.258. The van der Waals surface area contributed by atoms with Crippen molar-refractivity contribution in [3.63, 3.8) is 0 Å². The summed E-state index contributed by atoms with van der Waals surface area (Å²) >= 11 is 0. The van der Waals surface area contributed by atoms with Crippen molar-refractivity contribution in [1.29, 1.82) is 0 Å². The number of amides is 1. The molecule has 0 saturated heterocycles. The molecule has 1 saturated carbocycles. The molecule has 0 spiro atoms. The van der Waals surface area contributed by atoms with Gasteiger partial charge in [0.25, 0.3) is 0 Å². The largest absolute Gasteiger partial charge is 0.497 e. The van der Waals surface area contributed by atoms with Gasteiger partial charge in [-0.3, -0.25) is 14.6 Å². The lowest BCUT2D eigenvalue weighted by molar-refractivity contribution is -0.116. The Morgan fingerprint density at radius 3 is 2.67 bits per heavy atom. The van der Waals surface area contributed by atoms with Crippen molar-refractivity contribution in [2.45, 2.75) is 70.8 Å². The topological polar surface area (TPSA) is 67.8 Å². The number of nitrogens with zero attached hydrogens (tertiary/aromatic N) is 1. The fourth-order valence-electron chi connectivity index (χ4n) is 5.05. The molecule has 1 aliphatic heterocycles. The average molecular weight is 447 g/mol. The molecule has 2 aliphatic rings. The summed E-state index contributed by atoms with van der Waals surface area (Å²) in [5, 5.41) is 2.97. The van der Waals surface area contributed by atoms with Crippen molar-refractivity contribution < 1.29 is 14.3 Å². The maximum atomic E-state index is 13.2. The van der Waals surface area contributed by atoms with Crippen LogP contribution in [-0.4, -0.2) is 30.1 Å². The number of aliphatic imine (C=N–C) groups is 1. The molecule has 0 bridgehead atoms. The number of ketones is 1. The molecule has 5 heteroatoms. The zero-order valence-electron chi connectivity index (χ0n) is 19.9. The summed E-state index contributed by atoms with van der Waals surface area (Å²) in [7, 11) is 1.64. The quantitative estimate of drug-likeness (QED) is 0.506. The summed E-state index contributed by atoms with van der Waals surface area (Å²) in [4.78, 5) is 30.5. The van der Waals surface area contributed by atoms with Crippen LogP contribution in [0.25, 0.3) is 0 Å². The number of methoxy groups -OCH3 is 1. The van der Waals surface area contributed by atoms with Crippen molar-refractivity contribution in [2.24, 2.45) is 10.9 Å². The van der Waals surface area contributed by atoms with Gasteiger partial charge in [0, 0.05) is 23.2 Å². The Bertz CT molecular complexity index is 1060. The maximum Gasteiger partial charge on any atom is 0.224 e. The van der Waals surface area contributed by atoms with Gasteiger partial charge in [-0.15, -0.1) is 0 Å². The number of nitrogens with one attached hydrogen (secondary N) is 1. The Morgan fingerprint density at radius 2 is 1.91 bits per heavy atom. The van der Waals surface area contributed by atoms with Gasteiger partial charge < -0.3 is 10.1 Å². The fraction of sp³-hybridized carbons (Fsp3) is 0.464. The molecule has 0 radical (unpaired) electrons. The van der Waals surface area contributed by atoms with Crippen molar-refractivity contribution in [2.75, 3.05) is 12.4 Å². The van der Waals surface area contributed by atoms with Crippen LogP contribution < -0.4 is 10.1 Å². The molecule has 1 N–H and O–H groups in total. The van der Waals surface area contributed by atoms with Crippen LogP contribution in [0, 0.1) is 5.92 Å². The lowest BCUT2D eigenvalue weighted by Gasteiger charge is -2.29. The van der Waals surface area contributed by atoms with Crippen molar-refractivity contribution >= 4 is 23.1 Å². The second-order valence-corrected chi connectivity index (χ2v) is 9.99. The fourth-order valence-corrected chi connectivity index (χ4v) is 5.05. The number of hydrogen-bond acceptors (Lipinski definition) is 4. The Labute approximate surface area is 196 Å². The molecule has 33 heavy (non-hydrogen) atoms. The van der Waals surface area contributed by atoms with E-state index in [9.17, 15) is 9.59 Å². The van der Waals surface area contributed by atoms with Crippen LogP contribution >= 0.6 is 0 Å². The summed E-state index contributed by atoms with van der Waals surface area (Å²) in [6.45, 7) is 4.18. The lowest BCUT2D eigenvalue weighted by atomic mass is 9.85. The van der Waals surface area contributed by atoms with Gasteiger partial charge in [-0.05, 0) is 62.4 Å². The summed E-state index contributed by atoms with van der Waals surface area (Å²) < 4.78 is 5.40. The highest BCUT2D eigenvalue weighted by atomic mass is 16.5. The van der Waals surface area contributed by atoms with E-state index in [2.05, 4.69) is 25.2 Å². The highest BCUT2D eigenvalue weighted by Crippen LogP contribution is 2.31. The van der Waals surface area contributed by atoms with E-state index in [0.29, 0.717) is 23.6 Å². The summed E-state index contributed by atoms with van der Waals surface area (Å²) in [5.74, 6) is 1.45. The van der Waals surface area contributed by atoms with Gasteiger partial charge in [0.05, 0.1) is 24.8 Å². The third-order valence-corrected chi connectivity index (χ3v) is 6.74. The molecule has 2 aromatic carbocycles. The predicted octanol–water partition coefficient (Wildman–Crippen LogP) is 6.00. The van der Waals surface area contributed by atoms with Crippen LogP contribution in [-0.2, 0) is 11.2 Å². The average Bonchev–Trinajstić information content (AvgIpc) is 3.31. The molecule has 5 nitrogen and oxygen atoms in total. The van der Waals surface area contributed by atoms with Gasteiger partial charge in [0.2, 0.25) is 5.91 Å². The summed E-state index contributed by atoms with van der Waals surface area (Å²) in [6, 6.07) is 13.2. The van der Waals surface area contributed by atoms with Crippen LogP contribution in [0.3, 0.4) is 0 Å². The molecular formula is C28H34N2O3. The summed E-state index contributed by atoms with van der Waals surface area (Å²) in [6.07, 6.45) is 7.58. The van der Waals surface area contributed by atoms with Crippen LogP contribution in [0.1, 0.15) is 80.3 Å². The number of rotatable bonds is 8. The Morgan fingerprint density at radius 1 is 1.12 bits per heavy atom. The minimum absolute atomic E-state index is 0.0118. The van der Waals surface area contributed by atoms with Gasteiger partial charge in [-0.1, -0.05) is 43.9 Å². The Kier molecular flexibility index (Phi) is 6.96. The Balaban J connectivity index is 1.45. The molecule has 2 aromatic rings. The van der Waals surface area contributed by atoms with E-state index in [4.69, 9.17) is 9.73 Å². The number of hydrogen-bond donors (Lipinski definition) is 1. The summed E-state index contributed by atoms with van der Waals surface area (Å²) in [5.41, 5.74) is 3.95. The van der Waals surface area contributed by atoms with E-state index < -0.39 is 0 Å². The molecule has 1 fully saturated rings. The number of Topliss-reactive ketones (excluding diaryl/α,β-unsaturated/α-hetero) is 1. The monoisotopic (exact) mass is 446 g/mol. The predicted molar refractivity (Wildman–Crippen MR) is 133 cm³/mol. The Hall–Kier alpha value is -2.95. The highest BCUT2D eigenvalue weighted by molar-refractivity contribution is 6.17. The van der Waals surface area contributed by atoms with Gasteiger partial charge in [0.15, 0.2) is 5.78 Å².